The van der Waals surface area contributed by atoms with Crippen molar-refractivity contribution in [3.63, 3.8) is 0 Å². The van der Waals surface area contributed by atoms with Crippen LogP contribution < -0.4 is 19.1 Å². The molecule has 0 aliphatic carbocycles. The van der Waals surface area contributed by atoms with E-state index in [9.17, 15) is 19.5 Å². The predicted molar refractivity (Wildman–Crippen MR) is 142 cm³/mol. The summed E-state index contributed by atoms with van der Waals surface area (Å²) in [5.41, 5.74) is 1.92. The Bertz CT molecular complexity index is 1440. The first-order valence-electron chi connectivity index (χ1n) is 12.1. The molecular formula is C30H29NO7. The van der Waals surface area contributed by atoms with Gasteiger partial charge in [0.15, 0.2) is 0 Å². The Morgan fingerprint density at radius 2 is 1.68 bits per heavy atom. The third-order valence-corrected chi connectivity index (χ3v) is 6.02. The van der Waals surface area contributed by atoms with Gasteiger partial charge in [-0.05, 0) is 74.4 Å². The van der Waals surface area contributed by atoms with Crippen LogP contribution in [0.4, 0.5) is 5.69 Å². The van der Waals surface area contributed by atoms with E-state index >= 15 is 0 Å². The molecule has 1 saturated heterocycles. The maximum atomic E-state index is 13.5. The summed E-state index contributed by atoms with van der Waals surface area (Å²) < 4.78 is 16.4. The highest BCUT2D eigenvalue weighted by atomic mass is 16.5. The highest BCUT2D eigenvalue weighted by Gasteiger charge is 2.47. The number of anilines is 1. The summed E-state index contributed by atoms with van der Waals surface area (Å²) in [5.74, 6) is -1.09. The molecule has 1 aliphatic heterocycles. The van der Waals surface area contributed by atoms with Crippen LogP contribution in [0.3, 0.4) is 0 Å². The van der Waals surface area contributed by atoms with Crippen molar-refractivity contribution in [2.45, 2.75) is 39.8 Å². The summed E-state index contributed by atoms with van der Waals surface area (Å²) in [6.45, 7) is 6.95. The summed E-state index contributed by atoms with van der Waals surface area (Å²) in [7, 11) is 1.50. The Balaban J connectivity index is 1.91. The Hall–Kier alpha value is -4.59. The smallest absolute Gasteiger partial charge is 0.308 e. The maximum absolute atomic E-state index is 13.5. The normalized spacial score (nSPS) is 16.6. The number of carbonyl (C=O) groups excluding carboxylic acids is 3. The molecule has 1 N–H and O–H groups in total. The van der Waals surface area contributed by atoms with E-state index in [1.54, 1.807) is 66.7 Å². The van der Waals surface area contributed by atoms with Gasteiger partial charge in [0.2, 0.25) is 0 Å². The highest BCUT2D eigenvalue weighted by molar-refractivity contribution is 6.51. The van der Waals surface area contributed by atoms with Crippen molar-refractivity contribution in [1.82, 2.24) is 0 Å². The van der Waals surface area contributed by atoms with E-state index in [4.69, 9.17) is 14.2 Å². The van der Waals surface area contributed by atoms with Crippen LogP contribution in [0.2, 0.25) is 0 Å². The van der Waals surface area contributed by atoms with E-state index in [0.29, 0.717) is 28.3 Å². The summed E-state index contributed by atoms with van der Waals surface area (Å²) in [4.78, 5) is 39.8. The molecule has 1 amide bonds. The van der Waals surface area contributed by atoms with Crippen LogP contribution in [-0.4, -0.2) is 36.0 Å². The second-order valence-corrected chi connectivity index (χ2v) is 9.18. The number of ketones is 1. The average Bonchev–Trinajstić information content (AvgIpc) is 3.14. The lowest BCUT2D eigenvalue weighted by Crippen LogP contribution is -2.29. The van der Waals surface area contributed by atoms with Gasteiger partial charge >= 0.3 is 5.97 Å². The van der Waals surface area contributed by atoms with Gasteiger partial charge in [0, 0.05) is 24.2 Å². The first-order chi connectivity index (χ1) is 18.1. The third kappa shape index (κ3) is 5.25. The SMILES string of the molecule is COc1cccc(N2C(=O)C(=O)/C(=C(/O)c3ccc(OC(C)C)c(C)c3)C2c2cccc(OC(C)=O)c2)c1. The van der Waals surface area contributed by atoms with Gasteiger partial charge in [0.05, 0.1) is 24.8 Å². The number of esters is 1. The second-order valence-electron chi connectivity index (χ2n) is 9.18. The minimum atomic E-state index is -0.996. The molecule has 3 aromatic rings. The molecule has 3 aromatic carbocycles. The number of carbonyl (C=O) groups is 3. The fourth-order valence-corrected chi connectivity index (χ4v) is 4.43. The lowest BCUT2D eigenvalue weighted by Gasteiger charge is -2.26. The molecule has 1 unspecified atom stereocenters. The van der Waals surface area contributed by atoms with Crippen molar-refractivity contribution in [1.29, 1.82) is 0 Å². The van der Waals surface area contributed by atoms with Crippen LogP contribution in [0.5, 0.6) is 17.2 Å². The molecule has 8 heteroatoms. The van der Waals surface area contributed by atoms with E-state index in [0.717, 1.165) is 5.56 Å². The molecule has 8 nitrogen and oxygen atoms in total. The molecule has 1 atom stereocenters. The Labute approximate surface area is 221 Å². The Kier molecular flexibility index (Phi) is 7.52. The van der Waals surface area contributed by atoms with E-state index in [2.05, 4.69) is 0 Å². The molecule has 0 spiro atoms. The fourth-order valence-electron chi connectivity index (χ4n) is 4.43. The van der Waals surface area contributed by atoms with Gasteiger partial charge in [0.25, 0.3) is 11.7 Å². The van der Waals surface area contributed by atoms with Gasteiger partial charge < -0.3 is 19.3 Å². The first-order valence-corrected chi connectivity index (χ1v) is 12.1. The number of aliphatic hydroxyl groups excluding tert-OH is 1. The summed E-state index contributed by atoms with van der Waals surface area (Å²) in [5, 5.41) is 11.4. The minimum absolute atomic E-state index is 0.0363. The zero-order valence-electron chi connectivity index (χ0n) is 21.8. The molecule has 196 valence electrons. The highest BCUT2D eigenvalue weighted by Crippen LogP contribution is 2.43. The van der Waals surface area contributed by atoms with E-state index in [1.165, 1.54) is 18.9 Å². The third-order valence-electron chi connectivity index (χ3n) is 6.02. The molecule has 0 bridgehead atoms. The van der Waals surface area contributed by atoms with Crippen molar-refractivity contribution in [2.75, 3.05) is 12.0 Å². The Morgan fingerprint density at radius 1 is 0.974 bits per heavy atom. The lowest BCUT2D eigenvalue weighted by molar-refractivity contribution is -0.132. The molecule has 0 aromatic heterocycles. The molecular weight excluding hydrogens is 486 g/mol. The van der Waals surface area contributed by atoms with Gasteiger partial charge in [-0.3, -0.25) is 19.3 Å². The number of rotatable bonds is 7. The monoisotopic (exact) mass is 515 g/mol. The van der Waals surface area contributed by atoms with Crippen LogP contribution in [0.1, 0.15) is 43.5 Å². The van der Waals surface area contributed by atoms with Gasteiger partial charge in [-0.2, -0.15) is 0 Å². The number of amides is 1. The Morgan fingerprint density at radius 3 is 2.34 bits per heavy atom. The largest absolute Gasteiger partial charge is 0.507 e. The molecule has 1 aliphatic rings. The van der Waals surface area contributed by atoms with Crippen molar-refractivity contribution in [3.05, 3.63) is 89.0 Å². The molecule has 0 radical (unpaired) electrons. The van der Waals surface area contributed by atoms with Gasteiger partial charge in [-0.25, -0.2) is 0 Å². The molecule has 1 heterocycles. The van der Waals surface area contributed by atoms with Crippen molar-refractivity contribution in [3.8, 4) is 17.2 Å². The lowest BCUT2D eigenvalue weighted by atomic mass is 9.94. The average molecular weight is 516 g/mol. The van der Waals surface area contributed by atoms with Crippen molar-refractivity contribution >= 4 is 29.1 Å². The van der Waals surface area contributed by atoms with Crippen LogP contribution in [0, 0.1) is 6.92 Å². The zero-order chi connectivity index (χ0) is 27.6. The van der Waals surface area contributed by atoms with E-state index in [-0.39, 0.29) is 23.2 Å². The van der Waals surface area contributed by atoms with Crippen molar-refractivity contribution in [2.24, 2.45) is 0 Å². The topological polar surface area (TPSA) is 102 Å². The number of methoxy groups -OCH3 is 1. The van der Waals surface area contributed by atoms with Gasteiger partial charge in [0.1, 0.15) is 23.0 Å². The molecule has 38 heavy (non-hydrogen) atoms. The first kappa shape index (κ1) is 26.5. The fraction of sp³-hybridized carbons (Fsp3) is 0.233. The van der Waals surface area contributed by atoms with Gasteiger partial charge in [-0.1, -0.05) is 18.2 Å². The standard InChI is InChI=1S/C30H29NO7/c1-17(2)37-25-13-12-21(14-18(25)3)28(33)26-27(20-8-6-11-24(15-20)38-19(4)32)31(30(35)29(26)34)22-9-7-10-23(16-22)36-5/h6-17,27,33H,1-5H3/b28-26+. The van der Waals surface area contributed by atoms with Crippen LogP contribution in [0.15, 0.2) is 72.3 Å². The molecule has 1 fully saturated rings. The number of aryl methyl sites for hydroxylation is 1. The number of hydrogen-bond acceptors (Lipinski definition) is 7. The van der Waals surface area contributed by atoms with E-state index < -0.39 is 23.7 Å². The molecule has 4 rings (SSSR count). The van der Waals surface area contributed by atoms with E-state index in [1.807, 2.05) is 20.8 Å². The number of aliphatic hydroxyl groups is 1. The quantitative estimate of drug-likeness (QED) is 0.149. The summed E-state index contributed by atoms with van der Waals surface area (Å²) in [6, 6.07) is 17.3. The number of benzene rings is 3. The number of hydrogen-bond donors (Lipinski definition) is 1. The molecule has 0 saturated carbocycles. The zero-order valence-corrected chi connectivity index (χ0v) is 21.8. The van der Waals surface area contributed by atoms with Crippen LogP contribution >= 0.6 is 0 Å². The number of ether oxygens (including phenoxy) is 3. The van der Waals surface area contributed by atoms with Crippen molar-refractivity contribution < 1.29 is 33.7 Å². The number of Topliss-reactive ketones (excluding diaryl/α,β-unsaturated/α-hetero) is 1. The van der Waals surface area contributed by atoms with Gasteiger partial charge in [-0.15, -0.1) is 0 Å². The second kappa shape index (κ2) is 10.8. The maximum Gasteiger partial charge on any atom is 0.308 e. The summed E-state index contributed by atoms with van der Waals surface area (Å²) >= 11 is 0. The van der Waals surface area contributed by atoms with Crippen LogP contribution in [-0.2, 0) is 14.4 Å². The number of nitrogens with zero attached hydrogens (tertiary/aromatic N) is 1. The predicted octanol–water partition coefficient (Wildman–Crippen LogP) is 5.34. The minimum Gasteiger partial charge on any atom is -0.507 e. The summed E-state index contributed by atoms with van der Waals surface area (Å²) in [6.07, 6.45) is -0.0363. The van der Waals surface area contributed by atoms with Crippen LogP contribution in [0.25, 0.3) is 5.76 Å².